The average molecular weight is 458 g/mol. The van der Waals surface area contributed by atoms with Crippen molar-refractivity contribution in [3.63, 3.8) is 0 Å². The lowest BCUT2D eigenvalue weighted by Gasteiger charge is -2.64. The van der Waals surface area contributed by atoms with E-state index in [1.165, 1.54) is 11.1 Å². The summed E-state index contributed by atoms with van der Waals surface area (Å²) in [6, 6.07) is 23.6. The van der Waals surface area contributed by atoms with Gasteiger partial charge in [-0.1, -0.05) is 66.2 Å². The van der Waals surface area contributed by atoms with Crippen molar-refractivity contribution in [2.24, 2.45) is 11.3 Å². The van der Waals surface area contributed by atoms with E-state index in [0.717, 1.165) is 24.0 Å². The maximum Gasteiger partial charge on any atom is 0.264 e. The summed E-state index contributed by atoms with van der Waals surface area (Å²) in [5.74, 6) is 0.686. The summed E-state index contributed by atoms with van der Waals surface area (Å²) < 4.78 is 35.0. The molecule has 1 heterocycles. The van der Waals surface area contributed by atoms with E-state index in [4.69, 9.17) is 4.74 Å². The third kappa shape index (κ3) is 2.49. The SMILES string of the molecule is C=C1[C@@H]2CN(S(=O)(=O)c3ccc(C)cc3)c3cc(OC)ccc3[C@]2(c2ccccc2)C12CC2. The van der Waals surface area contributed by atoms with Crippen molar-refractivity contribution in [2.45, 2.75) is 30.1 Å². The number of hydrogen-bond acceptors (Lipinski definition) is 3. The maximum atomic E-state index is 13.9. The third-order valence-electron chi connectivity index (χ3n) is 8.15. The summed E-state index contributed by atoms with van der Waals surface area (Å²) in [7, 11) is -2.13. The fourth-order valence-corrected chi connectivity index (χ4v) is 7.97. The molecule has 2 saturated carbocycles. The van der Waals surface area contributed by atoms with Crippen LogP contribution in [-0.2, 0) is 15.4 Å². The summed E-state index contributed by atoms with van der Waals surface area (Å²) >= 11 is 0. The van der Waals surface area contributed by atoms with Crippen LogP contribution < -0.4 is 9.04 Å². The Hall–Kier alpha value is -3.05. The lowest BCUT2D eigenvalue weighted by Crippen LogP contribution is -2.64. The first-order valence-corrected chi connectivity index (χ1v) is 12.8. The van der Waals surface area contributed by atoms with E-state index in [2.05, 4.69) is 36.9 Å². The molecule has 0 N–H and O–H groups in total. The molecule has 1 aliphatic heterocycles. The standard InChI is InChI=1S/C28H27NO3S/c1-19-9-12-23(13-10-19)33(30,31)29-18-25-20(2)27(15-16-27)28(25,21-7-5-4-6-8-21)24-14-11-22(32-3)17-26(24)29/h4-14,17,25H,2,15-16,18H2,1,3H3/t25-,28-/m0/s1. The van der Waals surface area contributed by atoms with Crippen LogP contribution in [0.2, 0.25) is 0 Å². The molecule has 0 amide bonds. The smallest absolute Gasteiger partial charge is 0.264 e. The van der Waals surface area contributed by atoms with Gasteiger partial charge in [-0.3, -0.25) is 4.31 Å². The van der Waals surface area contributed by atoms with Crippen LogP contribution in [0.25, 0.3) is 0 Å². The normalized spacial score (nSPS) is 24.6. The number of benzene rings is 3. The van der Waals surface area contributed by atoms with Crippen molar-refractivity contribution in [1.82, 2.24) is 0 Å². The van der Waals surface area contributed by atoms with Crippen LogP contribution in [0.1, 0.15) is 29.5 Å². The van der Waals surface area contributed by atoms with Crippen molar-refractivity contribution in [2.75, 3.05) is 18.0 Å². The van der Waals surface area contributed by atoms with E-state index in [-0.39, 0.29) is 16.7 Å². The van der Waals surface area contributed by atoms with Crippen molar-refractivity contribution in [3.8, 4) is 5.75 Å². The summed E-state index contributed by atoms with van der Waals surface area (Å²) in [4.78, 5) is 0.306. The van der Waals surface area contributed by atoms with Gasteiger partial charge in [0.2, 0.25) is 0 Å². The fraction of sp³-hybridized carbons (Fsp3) is 0.286. The van der Waals surface area contributed by atoms with Crippen molar-refractivity contribution < 1.29 is 13.2 Å². The molecule has 3 aliphatic rings. The predicted molar refractivity (Wildman–Crippen MR) is 130 cm³/mol. The van der Waals surface area contributed by atoms with E-state index >= 15 is 0 Å². The quantitative estimate of drug-likeness (QED) is 0.489. The zero-order valence-electron chi connectivity index (χ0n) is 18.9. The number of rotatable bonds is 4. The Labute approximate surface area is 195 Å². The molecule has 0 bridgehead atoms. The van der Waals surface area contributed by atoms with Gasteiger partial charge in [-0.15, -0.1) is 0 Å². The Morgan fingerprint density at radius 2 is 1.70 bits per heavy atom. The van der Waals surface area contributed by atoms with Crippen LogP contribution in [0.15, 0.2) is 89.8 Å². The minimum atomic E-state index is -3.75. The topological polar surface area (TPSA) is 46.6 Å². The molecule has 2 aliphatic carbocycles. The average Bonchev–Trinajstić information content (AvgIpc) is 3.66. The van der Waals surface area contributed by atoms with E-state index in [1.807, 2.05) is 37.3 Å². The highest BCUT2D eigenvalue weighted by atomic mass is 32.2. The van der Waals surface area contributed by atoms with E-state index in [1.54, 1.807) is 23.5 Å². The van der Waals surface area contributed by atoms with Crippen LogP contribution >= 0.6 is 0 Å². The Bertz CT molecular complexity index is 1370. The van der Waals surface area contributed by atoms with Gasteiger partial charge in [0.25, 0.3) is 10.0 Å². The first-order chi connectivity index (χ1) is 15.9. The van der Waals surface area contributed by atoms with Crippen LogP contribution in [0, 0.1) is 18.3 Å². The lowest BCUT2D eigenvalue weighted by molar-refractivity contribution is 0.134. The fourth-order valence-electron chi connectivity index (χ4n) is 6.48. The number of ether oxygens (including phenoxy) is 1. The molecule has 0 saturated heterocycles. The monoisotopic (exact) mass is 457 g/mol. The molecule has 6 rings (SSSR count). The van der Waals surface area contributed by atoms with Gasteiger partial charge in [0, 0.05) is 29.4 Å². The van der Waals surface area contributed by atoms with E-state index < -0.39 is 10.0 Å². The van der Waals surface area contributed by atoms with Gasteiger partial charge >= 0.3 is 0 Å². The minimum absolute atomic E-state index is 0.0159. The second kappa shape index (κ2) is 6.73. The Balaban J connectivity index is 1.61. The molecule has 3 aromatic rings. The molecule has 0 radical (unpaired) electrons. The molecule has 0 aromatic heterocycles. The highest BCUT2D eigenvalue weighted by Crippen LogP contribution is 2.80. The van der Waals surface area contributed by atoms with Crippen molar-refractivity contribution in [3.05, 3.63) is 102 Å². The van der Waals surface area contributed by atoms with Gasteiger partial charge in [0.15, 0.2) is 0 Å². The van der Waals surface area contributed by atoms with Gasteiger partial charge < -0.3 is 4.74 Å². The van der Waals surface area contributed by atoms with E-state index in [0.29, 0.717) is 22.9 Å². The zero-order chi connectivity index (χ0) is 23.0. The molecular formula is C28H27NO3S. The van der Waals surface area contributed by atoms with Crippen LogP contribution in [0.3, 0.4) is 0 Å². The Morgan fingerprint density at radius 1 is 1.00 bits per heavy atom. The molecule has 33 heavy (non-hydrogen) atoms. The molecule has 2 atom stereocenters. The molecule has 4 nitrogen and oxygen atoms in total. The molecular weight excluding hydrogens is 430 g/mol. The van der Waals surface area contributed by atoms with Crippen LogP contribution in [-0.4, -0.2) is 22.1 Å². The molecule has 0 unspecified atom stereocenters. The van der Waals surface area contributed by atoms with Crippen molar-refractivity contribution in [1.29, 1.82) is 0 Å². The minimum Gasteiger partial charge on any atom is -0.497 e. The maximum absolute atomic E-state index is 13.9. The number of methoxy groups -OCH3 is 1. The zero-order valence-corrected chi connectivity index (χ0v) is 19.7. The molecule has 5 heteroatoms. The predicted octanol–water partition coefficient (Wildman–Crippen LogP) is 5.46. The van der Waals surface area contributed by atoms with Gasteiger partial charge in [-0.05, 0) is 49.1 Å². The van der Waals surface area contributed by atoms with Gasteiger partial charge in [-0.25, -0.2) is 8.42 Å². The first kappa shape index (κ1) is 20.5. The van der Waals surface area contributed by atoms with Crippen molar-refractivity contribution >= 4 is 15.7 Å². The first-order valence-electron chi connectivity index (χ1n) is 11.4. The highest BCUT2D eigenvalue weighted by Gasteiger charge is 2.76. The third-order valence-corrected chi connectivity index (χ3v) is 9.94. The molecule has 1 spiro atoms. The largest absolute Gasteiger partial charge is 0.497 e. The summed E-state index contributed by atoms with van der Waals surface area (Å²) in [5.41, 5.74) is 5.01. The van der Waals surface area contributed by atoms with Gasteiger partial charge in [0.05, 0.1) is 17.7 Å². The number of anilines is 1. The number of fused-ring (bicyclic) bond motifs is 4. The summed E-state index contributed by atoms with van der Waals surface area (Å²) in [6.07, 6.45) is 2.18. The number of nitrogens with zero attached hydrogens (tertiary/aromatic N) is 1. The van der Waals surface area contributed by atoms with Gasteiger partial charge in [0.1, 0.15) is 5.75 Å². The second-order valence-electron chi connectivity index (χ2n) is 9.57. The second-order valence-corrected chi connectivity index (χ2v) is 11.4. The molecule has 2 fully saturated rings. The van der Waals surface area contributed by atoms with E-state index in [9.17, 15) is 8.42 Å². The van der Waals surface area contributed by atoms with Crippen LogP contribution in [0.4, 0.5) is 5.69 Å². The summed E-state index contributed by atoms with van der Waals surface area (Å²) in [5, 5.41) is 0. The Kier molecular flexibility index (Phi) is 4.19. The molecule has 3 aromatic carbocycles. The molecule has 168 valence electrons. The number of aryl methyl sites for hydroxylation is 1. The van der Waals surface area contributed by atoms with Gasteiger partial charge in [-0.2, -0.15) is 0 Å². The number of hydrogen-bond donors (Lipinski definition) is 0. The summed E-state index contributed by atoms with van der Waals surface area (Å²) in [6.45, 7) is 6.83. The highest BCUT2D eigenvalue weighted by molar-refractivity contribution is 7.92. The Morgan fingerprint density at radius 3 is 2.33 bits per heavy atom. The lowest BCUT2D eigenvalue weighted by atomic mass is 9.41. The number of sulfonamides is 1. The van der Waals surface area contributed by atoms with Crippen LogP contribution in [0.5, 0.6) is 5.75 Å².